The number of hydrogen-bond donors (Lipinski definition) is 2. The summed E-state index contributed by atoms with van der Waals surface area (Å²) in [5.41, 5.74) is 2.09. The fraction of sp³-hybridized carbons (Fsp3) is 0.300. The average molecular weight is 373 g/mol. The summed E-state index contributed by atoms with van der Waals surface area (Å²) in [6.45, 7) is 3.84. The van der Waals surface area contributed by atoms with Gasteiger partial charge >= 0.3 is 0 Å². The second kappa shape index (κ2) is 6.23. The van der Waals surface area contributed by atoms with Crippen LogP contribution in [0.15, 0.2) is 41.6 Å². The number of H-pyrrole nitrogens is 2. The number of nitrogens with zero attached hydrogens (tertiary/aromatic N) is 5. The summed E-state index contributed by atoms with van der Waals surface area (Å²) in [7, 11) is 0. The van der Waals surface area contributed by atoms with Crippen molar-refractivity contribution in [1.82, 2.24) is 24.7 Å². The minimum atomic E-state index is -0.119. The van der Waals surface area contributed by atoms with Crippen LogP contribution < -0.4 is 10.5 Å². The van der Waals surface area contributed by atoms with Gasteiger partial charge < -0.3 is 9.88 Å². The second-order valence-electron chi connectivity index (χ2n) is 7.37. The van der Waals surface area contributed by atoms with Crippen LogP contribution in [0.5, 0.6) is 0 Å². The number of aromatic nitrogens is 5. The molecule has 8 nitrogen and oxygen atoms in total. The zero-order valence-electron chi connectivity index (χ0n) is 15.4. The SMILES string of the molecule is C[C@@H]1CCN(c2ccc(C#N)cn2)C[C@@H]1n1[nH]c(=O)c2cnc3[nH]ccc3c21. The lowest BCUT2D eigenvalue weighted by Gasteiger charge is -2.38. The molecule has 8 heteroatoms. The van der Waals surface area contributed by atoms with E-state index < -0.39 is 0 Å². The smallest absolute Gasteiger partial charge is 0.273 e. The summed E-state index contributed by atoms with van der Waals surface area (Å²) in [6, 6.07) is 7.83. The molecular weight excluding hydrogens is 354 g/mol. The number of nitriles is 1. The Bertz CT molecular complexity index is 1260. The van der Waals surface area contributed by atoms with Crippen LogP contribution in [-0.2, 0) is 0 Å². The molecule has 0 unspecified atom stereocenters. The molecule has 0 saturated carbocycles. The number of fused-ring (bicyclic) bond motifs is 3. The van der Waals surface area contributed by atoms with E-state index in [4.69, 9.17) is 5.26 Å². The van der Waals surface area contributed by atoms with Gasteiger partial charge in [-0.25, -0.2) is 9.97 Å². The first-order valence-corrected chi connectivity index (χ1v) is 9.33. The van der Waals surface area contributed by atoms with Crippen LogP contribution >= 0.6 is 0 Å². The number of hydrogen-bond acceptors (Lipinski definition) is 5. The van der Waals surface area contributed by atoms with Crippen molar-refractivity contribution >= 4 is 27.8 Å². The van der Waals surface area contributed by atoms with E-state index in [9.17, 15) is 4.79 Å². The maximum Gasteiger partial charge on any atom is 0.273 e. The fourth-order valence-corrected chi connectivity index (χ4v) is 4.13. The summed E-state index contributed by atoms with van der Waals surface area (Å²) in [6.07, 6.45) is 6.06. The van der Waals surface area contributed by atoms with E-state index in [1.807, 2.05) is 23.0 Å². The van der Waals surface area contributed by atoms with E-state index in [0.29, 0.717) is 16.9 Å². The summed E-state index contributed by atoms with van der Waals surface area (Å²) in [5, 5.41) is 13.6. The normalized spacial score (nSPS) is 19.9. The zero-order chi connectivity index (χ0) is 19.3. The third kappa shape index (κ3) is 2.47. The molecule has 28 heavy (non-hydrogen) atoms. The minimum absolute atomic E-state index is 0.0943. The Morgan fingerprint density at radius 1 is 1.21 bits per heavy atom. The van der Waals surface area contributed by atoms with Gasteiger partial charge in [0.25, 0.3) is 5.56 Å². The van der Waals surface area contributed by atoms with E-state index in [0.717, 1.165) is 41.9 Å². The van der Waals surface area contributed by atoms with Crippen LogP contribution in [0.3, 0.4) is 0 Å². The number of rotatable bonds is 2. The Balaban J connectivity index is 1.58. The van der Waals surface area contributed by atoms with Gasteiger partial charge in [-0.15, -0.1) is 0 Å². The number of nitrogens with one attached hydrogen (secondary N) is 2. The van der Waals surface area contributed by atoms with Gasteiger partial charge in [0.05, 0.1) is 22.5 Å². The molecule has 2 atom stereocenters. The Morgan fingerprint density at radius 2 is 2.11 bits per heavy atom. The standard InChI is InChI=1S/C20H19N7O/c1-12-5-7-26(17-3-2-13(8-21)9-23-17)11-16(12)27-18-14-4-6-22-19(14)24-10-15(18)20(28)25-27/h2-4,6,9-10,12,16H,5,7,11H2,1H3,(H,22,24)(H,25,28)/t12-,16+/m1/s1. The van der Waals surface area contributed by atoms with Gasteiger partial charge in [0, 0.05) is 37.1 Å². The molecule has 0 spiro atoms. The van der Waals surface area contributed by atoms with Gasteiger partial charge in [-0.3, -0.25) is 14.6 Å². The van der Waals surface area contributed by atoms with Gasteiger partial charge in [0.1, 0.15) is 17.5 Å². The average Bonchev–Trinajstić information content (AvgIpc) is 3.33. The van der Waals surface area contributed by atoms with Gasteiger partial charge in [0.15, 0.2) is 0 Å². The molecule has 140 valence electrons. The predicted molar refractivity (Wildman–Crippen MR) is 106 cm³/mol. The Morgan fingerprint density at radius 3 is 2.89 bits per heavy atom. The van der Waals surface area contributed by atoms with E-state index in [1.54, 1.807) is 18.5 Å². The predicted octanol–water partition coefficient (Wildman–Crippen LogP) is 2.56. The van der Waals surface area contributed by atoms with Gasteiger partial charge in [-0.1, -0.05) is 6.92 Å². The Labute approximate surface area is 160 Å². The van der Waals surface area contributed by atoms with Crippen LogP contribution in [-0.4, -0.2) is 37.8 Å². The van der Waals surface area contributed by atoms with Crippen molar-refractivity contribution < 1.29 is 0 Å². The molecule has 4 aromatic heterocycles. The third-order valence-electron chi connectivity index (χ3n) is 5.72. The molecule has 1 aliphatic rings. The van der Waals surface area contributed by atoms with Crippen molar-refractivity contribution in [2.75, 3.05) is 18.0 Å². The summed E-state index contributed by atoms with van der Waals surface area (Å²) in [5.74, 6) is 1.24. The van der Waals surface area contributed by atoms with Crippen LogP contribution in [0.1, 0.15) is 24.9 Å². The highest BCUT2D eigenvalue weighted by Gasteiger charge is 2.30. The van der Waals surface area contributed by atoms with Crippen molar-refractivity contribution in [2.24, 2.45) is 5.92 Å². The molecule has 1 aliphatic heterocycles. The minimum Gasteiger partial charge on any atom is -0.354 e. The summed E-state index contributed by atoms with van der Waals surface area (Å²) >= 11 is 0. The largest absolute Gasteiger partial charge is 0.354 e. The monoisotopic (exact) mass is 373 g/mol. The molecule has 0 radical (unpaired) electrons. The molecule has 0 aromatic carbocycles. The number of anilines is 1. The lowest BCUT2D eigenvalue weighted by molar-refractivity contribution is 0.284. The Kier molecular flexibility index (Phi) is 3.69. The van der Waals surface area contributed by atoms with Crippen molar-refractivity contribution in [3.8, 4) is 6.07 Å². The van der Waals surface area contributed by atoms with Crippen LogP contribution in [0.25, 0.3) is 21.9 Å². The highest BCUT2D eigenvalue weighted by atomic mass is 16.1. The first-order valence-electron chi connectivity index (χ1n) is 9.33. The van der Waals surface area contributed by atoms with Crippen molar-refractivity contribution in [3.63, 3.8) is 0 Å². The molecule has 1 saturated heterocycles. The first-order chi connectivity index (χ1) is 13.7. The lowest BCUT2D eigenvalue weighted by atomic mass is 9.93. The summed E-state index contributed by atoms with van der Waals surface area (Å²) < 4.78 is 2.01. The molecular formula is C20H19N7O. The molecule has 0 aliphatic carbocycles. The Hall–Kier alpha value is -3.60. The summed E-state index contributed by atoms with van der Waals surface area (Å²) in [4.78, 5) is 26.7. The lowest BCUT2D eigenvalue weighted by Crippen LogP contribution is -2.41. The topological polar surface area (TPSA) is 106 Å². The number of aromatic amines is 2. The van der Waals surface area contributed by atoms with E-state index in [1.165, 1.54) is 0 Å². The maximum atomic E-state index is 12.6. The highest BCUT2D eigenvalue weighted by Crippen LogP contribution is 2.32. The van der Waals surface area contributed by atoms with Crippen LogP contribution in [0.4, 0.5) is 5.82 Å². The molecule has 1 fully saturated rings. The van der Waals surface area contributed by atoms with Gasteiger partial charge in [0.2, 0.25) is 0 Å². The molecule has 4 aromatic rings. The quantitative estimate of drug-likeness (QED) is 0.562. The van der Waals surface area contributed by atoms with Crippen LogP contribution in [0, 0.1) is 17.2 Å². The van der Waals surface area contributed by atoms with Crippen LogP contribution in [0.2, 0.25) is 0 Å². The first kappa shape index (κ1) is 16.6. The third-order valence-corrected chi connectivity index (χ3v) is 5.72. The second-order valence-corrected chi connectivity index (χ2v) is 7.37. The maximum absolute atomic E-state index is 12.6. The number of piperidine rings is 1. The van der Waals surface area contributed by atoms with E-state index in [2.05, 4.69) is 37.9 Å². The zero-order valence-corrected chi connectivity index (χ0v) is 15.4. The van der Waals surface area contributed by atoms with Crippen molar-refractivity contribution in [2.45, 2.75) is 19.4 Å². The van der Waals surface area contributed by atoms with Gasteiger partial charge in [-0.05, 0) is 30.5 Å². The van der Waals surface area contributed by atoms with E-state index >= 15 is 0 Å². The van der Waals surface area contributed by atoms with E-state index in [-0.39, 0.29) is 11.6 Å². The molecule has 2 N–H and O–H groups in total. The van der Waals surface area contributed by atoms with Gasteiger partial charge in [-0.2, -0.15) is 5.26 Å². The molecule has 0 amide bonds. The molecule has 0 bridgehead atoms. The molecule has 5 rings (SSSR count). The highest BCUT2D eigenvalue weighted by molar-refractivity contribution is 6.02. The van der Waals surface area contributed by atoms with Crippen molar-refractivity contribution in [3.05, 3.63) is 52.7 Å². The number of pyridine rings is 2. The van der Waals surface area contributed by atoms with Crippen molar-refractivity contribution in [1.29, 1.82) is 5.26 Å². The fourth-order valence-electron chi connectivity index (χ4n) is 4.13. The molecule has 5 heterocycles.